The highest BCUT2D eigenvalue weighted by Crippen LogP contribution is 2.10. The summed E-state index contributed by atoms with van der Waals surface area (Å²) in [7, 11) is 2.00. The molecule has 0 saturated carbocycles. The van der Waals surface area contributed by atoms with Crippen molar-refractivity contribution in [3.05, 3.63) is 41.2 Å². The molecule has 0 saturated heterocycles. The topological polar surface area (TPSA) is 68.2 Å². The van der Waals surface area contributed by atoms with Crippen LogP contribution in [0, 0.1) is 13.8 Å². The third-order valence-electron chi connectivity index (χ3n) is 2.55. The molecule has 2 N–H and O–H groups in total. The molecule has 0 aromatic carbocycles. The number of aromatic nitrogens is 2. The Morgan fingerprint density at radius 1 is 1.22 bits per heavy atom. The molecule has 2 heterocycles. The monoisotopic (exact) mass is 246 g/mol. The van der Waals surface area contributed by atoms with Crippen molar-refractivity contribution in [2.45, 2.75) is 26.9 Å². The second-order valence-corrected chi connectivity index (χ2v) is 4.54. The molecule has 0 radical (unpaired) electrons. The Balaban J connectivity index is 2.00. The minimum Gasteiger partial charge on any atom is -0.465 e. The molecule has 0 aliphatic carbocycles. The molecule has 2 aromatic rings. The zero-order chi connectivity index (χ0) is 13.1. The van der Waals surface area contributed by atoms with Gasteiger partial charge in [0.25, 0.3) is 0 Å². The molecule has 0 bridgehead atoms. The van der Waals surface area contributed by atoms with E-state index >= 15 is 0 Å². The van der Waals surface area contributed by atoms with Crippen LogP contribution in [0.15, 0.2) is 22.6 Å². The van der Waals surface area contributed by atoms with E-state index in [1.54, 1.807) is 6.07 Å². The van der Waals surface area contributed by atoms with Gasteiger partial charge in [-0.1, -0.05) is 0 Å². The zero-order valence-corrected chi connectivity index (χ0v) is 11.0. The van der Waals surface area contributed by atoms with Crippen molar-refractivity contribution >= 4 is 5.82 Å². The molecule has 0 aliphatic heterocycles. The Bertz CT molecular complexity index is 515. The molecule has 2 aromatic heterocycles. The Morgan fingerprint density at radius 3 is 2.61 bits per heavy atom. The highest BCUT2D eigenvalue weighted by Gasteiger charge is 2.07. The first kappa shape index (κ1) is 12.6. The first-order valence-corrected chi connectivity index (χ1v) is 5.87. The normalized spacial score (nSPS) is 11.1. The molecule has 18 heavy (non-hydrogen) atoms. The Hall–Kier alpha value is -1.88. The maximum atomic E-state index is 5.70. The summed E-state index contributed by atoms with van der Waals surface area (Å²) in [5.74, 6) is 3.11. The predicted octanol–water partition coefficient (Wildman–Crippen LogP) is 1.90. The summed E-state index contributed by atoms with van der Waals surface area (Å²) < 4.78 is 5.53. The summed E-state index contributed by atoms with van der Waals surface area (Å²) in [4.78, 5) is 10.7. The van der Waals surface area contributed by atoms with Crippen molar-refractivity contribution < 1.29 is 4.42 Å². The van der Waals surface area contributed by atoms with Crippen LogP contribution in [0.5, 0.6) is 0 Å². The fraction of sp³-hybridized carbons (Fsp3) is 0.385. The van der Waals surface area contributed by atoms with Crippen molar-refractivity contribution in [2.24, 2.45) is 0 Å². The quantitative estimate of drug-likeness (QED) is 0.892. The lowest BCUT2D eigenvalue weighted by Crippen LogP contribution is -2.19. The van der Waals surface area contributed by atoms with Crippen LogP contribution in [0.25, 0.3) is 0 Å². The molecule has 96 valence electrons. The van der Waals surface area contributed by atoms with Crippen molar-refractivity contribution in [3.8, 4) is 0 Å². The number of anilines is 1. The van der Waals surface area contributed by atoms with Gasteiger partial charge < -0.3 is 10.2 Å². The molecule has 0 aliphatic rings. The smallest absolute Gasteiger partial charge is 0.144 e. The van der Waals surface area contributed by atoms with E-state index in [1.165, 1.54) is 0 Å². The number of furan rings is 1. The number of nitrogens with zero attached hydrogens (tertiary/aromatic N) is 3. The third-order valence-corrected chi connectivity index (χ3v) is 2.55. The van der Waals surface area contributed by atoms with E-state index in [0.717, 1.165) is 29.6 Å². The van der Waals surface area contributed by atoms with Crippen LogP contribution in [0.4, 0.5) is 5.82 Å². The van der Waals surface area contributed by atoms with Crippen LogP contribution < -0.4 is 5.73 Å². The summed E-state index contributed by atoms with van der Waals surface area (Å²) >= 11 is 0. The molecule has 5 heteroatoms. The molecule has 2 rings (SSSR count). The van der Waals surface area contributed by atoms with Crippen LogP contribution >= 0.6 is 0 Å². The number of hydrogen-bond donors (Lipinski definition) is 1. The van der Waals surface area contributed by atoms with Crippen LogP contribution in [-0.4, -0.2) is 21.9 Å². The largest absolute Gasteiger partial charge is 0.465 e. The van der Waals surface area contributed by atoms with Crippen molar-refractivity contribution in [3.63, 3.8) is 0 Å². The second-order valence-electron chi connectivity index (χ2n) is 4.54. The number of rotatable bonds is 4. The van der Waals surface area contributed by atoms with E-state index in [0.29, 0.717) is 12.4 Å². The van der Waals surface area contributed by atoms with E-state index in [9.17, 15) is 0 Å². The second kappa shape index (κ2) is 5.18. The summed E-state index contributed by atoms with van der Waals surface area (Å²) in [6, 6.07) is 5.71. The predicted molar refractivity (Wildman–Crippen MR) is 69.8 cm³/mol. The van der Waals surface area contributed by atoms with E-state index in [-0.39, 0.29) is 0 Å². The first-order chi connectivity index (χ1) is 8.52. The Kier molecular flexibility index (Phi) is 3.62. The van der Waals surface area contributed by atoms with E-state index in [2.05, 4.69) is 14.9 Å². The van der Waals surface area contributed by atoms with Crippen molar-refractivity contribution in [1.29, 1.82) is 0 Å². The molecule has 0 amide bonds. The van der Waals surface area contributed by atoms with Crippen LogP contribution in [0.3, 0.4) is 0 Å². The maximum absolute atomic E-state index is 5.70. The summed E-state index contributed by atoms with van der Waals surface area (Å²) in [6.07, 6.45) is 0. The first-order valence-electron chi connectivity index (χ1n) is 5.87. The van der Waals surface area contributed by atoms with Crippen molar-refractivity contribution in [1.82, 2.24) is 14.9 Å². The minimum atomic E-state index is 0.514. The lowest BCUT2D eigenvalue weighted by atomic mass is 10.3. The zero-order valence-electron chi connectivity index (χ0n) is 11.0. The van der Waals surface area contributed by atoms with Gasteiger partial charge in [-0.15, -0.1) is 0 Å². The summed E-state index contributed by atoms with van der Waals surface area (Å²) in [6.45, 7) is 5.22. The average Bonchev–Trinajstić information content (AvgIpc) is 2.61. The average molecular weight is 246 g/mol. The van der Waals surface area contributed by atoms with Gasteiger partial charge in [0.05, 0.1) is 13.1 Å². The molecular formula is C13H18N4O. The van der Waals surface area contributed by atoms with Gasteiger partial charge in [0.2, 0.25) is 0 Å². The number of hydrogen-bond acceptors (Lipinski definition) is 5. The lowest BCUT2D eigenvalue weighted by Gasteiger charge is -2.14. The number of nitrogens with two attached hydrogens (primary N) is 1. The number of nitrogen functional groups attached to an aromatic ring is 1. The summed E-state index contributed by atoms with van der Waals surface area (Å²) in [5, 5.41) is 0. The van der Waals surface area contributed by atoms with Gasteiger partial charge in [-0.05, 0) is 33.0 Å². The maximum Gasteiger partial charge on any atom is 0.144 e. The molecule has 0 unspecified atom stereocenters. The van der Waals surface area contributed by atoms with Gasteiger partial charge in [-0.25, -0.2) is 9.97 Å². The van der Waals surface area contributed by atoms with Crippen LogP contribution in [-0.2, 0) is 13.1 Å². The fourth-order valence-corrected chi connectivity index (χ4v) is 1.86. The number of aryl methyl sites for hydroxylation is 2. The SMILES string of the molecule is Cc1cc(N)nc(CN(C)Cc2ccc(C)o2)n1. The van der Waals surface area contributed by atoms with Gasteiger partial charge in [0.15, 0.2) is 0 Å². The van der Waals surface area contributed by atoms with Gasteiger partial charge in [-0.2, -0.15) is 0 Å². The Labute approximate surface area is 107 Å². The molecule has 0 spiro atoms. The highest BCUT2D eigenvalue weighted by molar-refractivity contribution is 5.29. The third kappa shape index (κ3) is 3.30. The molecule has 0 atom stereocenters. The fourth-order valence-electron chi connectivity index (χ4n) is 1.86. The van der Waals surface area contributed by atoms with Crippen molar-refractivity contribution in [2.75, 3.05) is 12.8 Å². The van der Waals surface area contributed by atoms with E-state index < -0.39 is 0 Å². The van der Waals surface area contributed by atoms with E-state index in [4.69, 9.17) is 10.2 Å². The van der Waals surface area contributed by atoms with Gasteiger partial charge >= 0.3 is 0 Å². The van der Waals surface area contributed by atoms with Gasteiger partial charge in [-0.3, -0.25) is 4.90 Å². The Morgan fingerprint density at radius 2 is 2.00 bits per heavy atom. The highest BCUT2D eigenvalue weighted by atomic mass is 16.3. The molecule has 0 fully saturated rings. The lowest BCUT2D eigenvalue weighted by molar-refractivity contribution is 0.279. The standard InChI is InChI=1S/C13H18N4O/c1-9-6-12(14)16-13(15-9)8-17(3)7-11-5-4-10(2)18-11/h4-6H,7-8H2,1-3H3,(H2,14,15,16). The van der Waals surface area contributed by atoms with Crippen LogP contribution in [0.1, 0.15) is 23.0 Å². The van der Waals surface area contributed by atoms with Gasteiger partial charge in [0, 0.05) is 11.8 Å². The molecular weight excluding hydrogens is 228 g/mol. The van der Waals surface area contributed by atoms with Gasteiger partial charge in [0.1, 0.15) is 23.2 Å². The minimum absolute atomic E-state index is 0.514. The van der Waals surface area contributed by atoms with Crippen LogP contribution in [0.2, 0.25) is 0 Å². The van der Waals surface area contributed by atoms with E-state index in [1.807, 2.05) is 33.0 Å². The summed E-state index contributed by atoms with van der Waals surface area (Å²) in [5.41, 5.74) is 6.59. The molecule has 5 nitrogen and oxygen atoms in total.